The molecule has 3 fully saturated rings. The van der Waals surface area contributed by atoms with Crippen LogP contribution in [0.5, 0.6) is 0 Å². The lowest BCUT2D eigenvalue weighted by atomic mass is 9.91. The van der Waals surface area contributed by atoms with Crippen LogP contribution < -0.4 is 10.2 Å². The van der Waals surface area contributed by atoms with E-state index in [1.54, 1.807) is 12.1 Å². The minimum absolute atomic E-state index is 0.0494. The maximum Gasteiger partial charge on any atom is 0.322 e. The first kappa shape index (κ1) is 26.3. The molecule has 10 heteroatoms. The summed E-state index contributed by atoms with van der Waals surface area (Å²) in [4.78, 5) is 14.0. The Labute approximate surface area is 206 Å². The van der Waals surface area contributed by atoms with Crippen LogP contribution in [0, 0.1) is 12.8 Å². The minimum atomic E-state index is -3.95. The Bertz CT molecular complexity index is 1010. The first-order valence-electron chi connectivity index (χ1n) is 12.8. The Morgan fingerprint density at radius 1 is 1.14 bits per heavy atom. The zero-order chi connectivity index (χ0) is 25.2. The molecule has 2 saturated heterocycles. The summed E-state index contributed by atoms with van der Waals surface area (Å²) in [6, 6.07) is 4.39. The lowest BCUT2D eigenvalue weighted by Gasteiger charge is -2.36. The van der Waals surface area contributed by atoms with E-state index in [1.165, 1.54) is 0 Å². The van der Waals surface area contributed by atoms with E-state index in [0.29, 0.717) is 37.3 Å². The summed E-state index contributed by atoms with van der Waals surface area (Å²) in [5, 5.41) is 13.0. The molecule has 1 saturated carbocycles. The summed E-state index contributed by atoms with van der Waals surface area (Å²) in [6.07, 6.45) is 4.66. The van der Waals surface area contributed by atoms with Crippen molar-refractivity contribution in [1.82, 2.24) is 9.62 Å². The minimum Gasteiger partial charge on any atom is -0.480 e. The molecule has 2 heterocycles. The van der Waals surface area contributed by atoms with Gasteiger partial charge in [0.15, 0.2) is 0 Å². The van der Waals surface area contributed by atoms with Crippen molar-refractivity contribution in [1.29, 1.82) is 0 Å². The maximum atomic E-state index is 13.6. The van der Waals surface area contributed by atoms with Gasteiger partial charge >= 0.3 is 5.97 Å². The Balaban J connectivity index is 1.43. The number of sulfonamides is 1. The number of hydrogen-bond donors (Lipinski definition) is 2. The molecular formula is C25H37F2N3O4S. The van der Waals surface area contributed by atoms with E-state index in [-0.39, 0.29) is 30.3 Å². The molecule has 1 aromatic carbocycles. The number of piperidine rings is 1. The molecule has 2 N–H and O–H groups in total. The van der Waals surface area contributed by atoms with Crippen LogP contribution in [0.15, 0.2) is 23.1 Å². The Morgan fingerprint density at radius 3 is 2.57 bits per heavy atom. The zero-order valence-electron chi connectivity index (χ0n) is 20.4. The fourth-order valence-corrected chi connectivity index (χ4v) is 7.59. The van der Waals surface area contributed by atoms with E-state index < -0.39 is 28.0 Å². The average molecular weight is 514 g/mol. The van der Waals surface area contributed by atoms with E-state index in [9.17, 15) is 27.1 Å². The van der Waals surface area contributed by atoms with Crippen LogP contribution in [0.4, 0.5) is 14.5 Å². The van der Waals surface area contributed by atoms with Gasteiger partial charge in [-0.25, -0.2) is 17.2 Å². The molecule has 35 heavy (non-hydrogen) atoms. The van der Waals surface area contributed by atoms with Gasteiger partial charge in [0.05, 0.1) is 5.69 Å². The molecule has 196 valence electrons. The van der Waals surface area contributed by atoms with Crippen LogP contribution in [0.3, 0.4) is 0 Å². The van der Waals surface area contributed by atoms with Crippen LogP contribution in [0.1, 0.15) is 63.4 Å². The van der Waals surface area contributed by atoms with Crippen molar-refractivity contribution < 1.29 is 27.1 Å². The summed E-state index contributed by atoms with van der Waals surface area (Å²) in [7, 11) is -3.95. The number of carboxylic acids is 1. The van der Waals surface area contributed by atoms with E-state index >= 15 is 0 Å². The number of aryl methyl sites for hydroxylation is 1. The molecule has 0 bridgehead atoms. The molecule has 0 radical (unpaired) electrons. The van der Waals surface area contributed by atoms with Gasteiger partial charge in [0.25, 0.3) is 0 Å². The predicted molar refractivity (Wildman–Crippen MR) is 130 cm³/mol. The van der Waals surface area contributed by atoms with Gasteiger partial charge in [-0.3, -0.25) is 4.79 Å². The number of nitrogens with zero attached hydrogens (tertiary/aromatic N) is 2. The molecule has 1 aliphatic carbocycles. The first-order chi connectivity index (χ1) is 16.6. The Hall–Kier alpha value is -1.78. The van der Waals surface area contributed by atoms with Crippen LogP contribution in [-0.4, -0.2) is 68.0 Å². The van der Waals surface area contributed by atoms with E-state index in [1.807, 2.05) is 13.0 Å². The molecular weight excluding hydrogens is 476 g/mol. The number of nitrogens with one attached hydrogen (secondary N) is 1. The molecule has 7 nitrogen and oxygen atoms in total. The molecule has 0 unspecified atom stereocenters. The van der Waals surface area contributed by atoms with E-state index in [0.717, 1.165) is 48.8 Å². The van der Waals surface area contributed by atoms with Gasteiger partial charge < -0.3 is 15.3 Å². The second kappa shape index (κ2) is 10.7. The summed E-state index contributed by atoms with van der Waals surface area (Å²) in [5.74, 6) is -3.25. The van der Waals surface area contributed by atoms with Crippen molar-refractivity contribution in [3.05, 3.63) is 23.8 Å². The standard InChI is InChI=1S/C25H37F2N3O4S/c1-18-6-7-23(35(33,34)30-15-3-5-21(30)24(31)32)22(16-18)29-14-2-4-19(17-29)10-13-28-20-8-11-25(26,27)12-9-20/h6-7,16,19-21,28H,2-5,8-15,17H2,1H3,(H,31,32)/t19-,21+/m1/s1. The van der Waals surface area contributed by atoms with Gasteiger partial charge in [0.2, 0.25) is 15.9 Å². The maximum absolute atomic E-state index is 13.6. The van der Waals surface area contributed by atoms with Gasteiger partial charge in [0, 0.05) is 38.5 Å². The van der Waals surface area contributed by atoms with Crippen LogP contribution >= 0.6 is 0 Å². The topological polar surface area (TPSA) is 90.0 Å². The third-order valence-corrected chi connectivity index (χ3v) is 9.71. The highest BCUT2D eigenvalue weighted by Crippen LogP contribution is 2.36. The number of rotatable bonds is 8. The second-order valence-corrected chi connectivity index (χ2v) is 12.3. The lowest BCUT2D eigenvalue weighted by Crippen LogP contribution is -2.42. The van der Waals surface area contributed by atoms with Gasteiger partial charge in [-0.2, -0.15) is 4.31 Å². The smallest absolute Gasteiger partial charge is 0.322 e. The normalized spacial score (nSPS) is 26.2. The quantitative estimate of drug-likeness (QED) is 0.546. The number of carboxylic acid groups (broad SMARTS) is 1. The molecule has 2 aliphatic heterocycles. The average Bonchev–Trinajstić information content (AvgIpc) is 3.32. The molecule has 0 amide bonds. The van der Waals surface area contributed by atoms with Crippen LogP contribution in [0.25, 0.3) is 0 Å². The SMILES string of the molecule is Cc1ccc(S(=O)(=O)N2CCC[C@H]2C(=O)O)c(N2CCC[C@H](CCNC3CCC(F)(F)CC3)C2)c1. The number of hydrogen-bond acceptors (Lipinski definition) is 5. The summed E-state index contributed by atoms with van der Waals surface area (Å²) in [5.41, 5.74) is 1.60. The third-order valence-electron chi connectivity index (χ3n) is 7.75. The third kappa shape index (κ3) is 6.14. The fraction of sp³-hybridized carbons (Fsp3) is 0.720. The monoisotopic (exact) mass is 513 g/mol. The van der Waals surface area contributed by atoms with Gasteiger partial charge in [0.1, 0.15) is 10.9 Å². The molecule has 0 spiro atoms. The van der Waals surface area contributed by atoms with E-state index in [4.69, 9.17) is 0 Å². The Kier molecular flexibility index (Phi) is 8.02. The van der Waals surface area contributed by atoms with Crippen molar-refractivity contribution in [3.8, 4) is 0 Å². The van der Waals surface area contributed by atoms with Crippen molar-refractivity contribution in [3.63, 3.8) is 0 Å². The number of carbonyl (C=O) groups is 1. The number of halogens is 2. The van der Waals surface area contributed by atoms with Crippen LogP contribution in [-0.2, 0) is 14.8 Å². The number of alkyl halides is 2. The highest BCUT2D eigenvalue weighted by molar-refractivity contribution is 7.89. The Morgan fingerprint density at radius 2 is 1.86 bits per heavy atom. The highest BCUT2D eigenvalue weighted by Gasteiger charge is 2.41. The fourth-order valence-electron chi connectivity index (χ4n) is 5.75. The summed E-state index contributed by atoms with van der Waals surface area (Å²) < 4.78 is 55.1. The zero-order valence-corrected chi connectivity index (χ0v) is 21.2. The largest absolute Gasteiger partial charge is 0.480 e. The van der Waals surface area contributed by atoms with Crippen molar-refractivity contribution in [2.45, 2.75) is 87.6 Å². The highest BCUT2D eigenvalue weighted by atomic mass is 32.2. The summed E-state index contributed by atoms with van der Waals surface area (Å²) in [6.45, 7) is 4.37. The van der Waals surface area contributed by atoms with Gasteiger partial charge in [-0.15, -0.1) is 0 Å². The van der Waals surface area contributed by atoms with Gasteiger partial charge in [-0.1, -0.05) is 6.07 Å². The molecule has 3 aliphatic rings. The first-order valence-corrected chi connectivity index (χ1v) is 14.2. The molecule has 2 atom stereocenters. The molecule has 0 aromatic heterocycles. The number of benzene rings is 1. The molecule has 1 aromatic rings. The second-order valence-electron chi connectivity index (χ2n) is 10.4. The lowest BCUT2D eigenvalue weighted by molar-refractivity contribution is -0.140. The number of aliphatic carboxylic acids is 1. The van der Waals surface area contributed by atoms with E-state index in [2.05, 4.69) is 10.2 Å². The summed E-state index contributed by atoms with van der Waals surface area (Å²) >= 11 is 0. The molecule has 4 rings (SSSR count). The van der Waals surface area contributed by atoms with Crippen molar-refractivity contribution in [2.24, 2.45) is 5.92 Å². The van der Waals surface area contributed by atoms with Gasteiger partial charge in [-0.05, 0) is 82.0 Å². The van der Waals surface area contributed by atoms with Crippen molar-refractivity contribution in [2.75, 3.05) is 31.1 Å². The predicted octanol–water partition coefficient (Wildman–Crippen LogP) is 4.01. The van der Waals surface area contributed by atoms with Crippen LogP contribution in [0.2, 0.25) is 0 Å². The number of anilines is 1. The van der Waals surface area contributed by atoms with Crippen molar-refractivity contribution >= 4 is 21.7 Å².